The van der Waals surface area contributed by atoms with Gasteiger partial charge in [0.2, 0.25) is 0 Å². The van der Waals surface area contributed by atoms with Crippen molar-refractivity contribution < 1.29 is 0 Å². The van der Waals surface area contributed by atoms with Crippen molar-refractivity contribution in [3.8, 4) is 22.5 Å². The molecule has 0 bridgehead atoms. The van der Waals surface area contributed by atoms with Crippen LogP contribution < -0.4 is 5.32 Å². The maximum Gasteiger partial charge on any atom is 0.0923 e. The highest BCUT2D eigenvalue weighted by atomic mass is 15.2. The second-order valence-corrected chi connectivity index (χ2v) is 15.2. The number of rotatable bonds is 5. The maximum absolute atomic E-state index is 4.94. The van der Waals surface area contributed by atoms with Crippen LogP contribution in [-0.2, 0) is 14.1 Å². The first-order valence-corrected chi connectivity index (χ1v) is 19.6. The average molecular weight is 713 g/mol. The van der Waals surface area contributed by atoms with Crippen LogP contribution in [0.2, 0.25) is 0 Å². The predicted molar refractivity (Wildman–Crippen MR) is 222 cm³/mol. The second-order valence-electron chi connectivity index (χ2n) is 15.2. The van der Waals surface area contributed by atoms with E-state index in [0.29, 0.717) is 11.8 Å². The lowest BCUT2D eigenvalue weighted by Gasteiger charge is -2.31. The number of nitrogens with zero attached hydrogens (tertiary/aromatic N) is 7. The number of pyridine rings is 2. The predicted octanol–water partition coefficient (Wildman–Crippen LogP) is 9.24. The Hall–Kier alpha value is -5.44. The van der Waals surface area contributed by atoms with Crippen molar-refractivity contribution in [2.24, 2.45) is 14.1 Å². The molecule has 0 radical (unpaired) electrons. The molecule has 1 N–H and O–H groups in total. The van der Waals surface area contributed by atoms with E-state index in [1.807, 2.05) is 29.7 Å². The normalized spacial score (nSPS) is 16.0. The second kappa shape index (κ2) is 14.8. The van der Waals surface area contributed by atoms with Crippen molar-refractivity contribution >= 4 is 43.6 Å². The van der Waals surface area contributed by atoms with E-state index in [4.69, 9.17) is 9.97 Å². The first-order chi connectivity index (χ1) is 26.5. The summed E-state index contributed by atoms with van der Waals surface area (Å²) in [5.74, 6) is 1.35. The zero-order valence-electron chi connectivity index (χ0n) is 31.5. The molecule has 4 aromatic heterocycles. The van der Waals surface area contributed by atoms with Crippen molar-refractivity contribution in [2.45, 2.75) is 44.4 Å². The molecule has 2 aliphatic heterocycles. The molecule has 2 fully saturated rings. The Labute approximate surface area is 316 Å². The number of hydrogen-bond acceptors (Lipinski definition) is 6. The van der Waals surface area contributed by atoms with Crippen LogP contribution in [0.15, 0.2) is 109 Å². The molecule has 4 aromatic carbocycles. The van der Waals surface area contributed by atoms with Gasteiger partial charge in [0.15, 0.2) is 0 Å². The molecule has 2 aliphatic rings. The van der Waals surface area contributed by atoms with Crippen LogP contribution in [0, 0.1) is 0 Å². The highest BCUT2D eigenvalue weighted by Gasteiger charge is 2.20. The standard InChI is InChI=1S/C24H26N4.C22H22N4/c1-3-28-12-10-17(11-13-28)18-4-7-22-19(14-18)5-8-23(25-22)20-6-9-24-21(15-20)16-27(2)26-24;1-26-14-19-13-18(4-7-22(19)25-26)21-6-3-17-12-16(2-5-20(17)24-21)15-8-10-23-11-9-15/h4-9,14-17H,3,10-13H2,1-2H3;2-7,12-15,23H,8-11H2,1H3. The molecule has 8 nitrogen and oxygen atoms in total. The van der Waals surface area contributed by atoms with Crippen LogP contribution in [-0.4, -0.2) is 67.2 Å². The third kappa shape index (κ3) is 7.11. The molecule has 0 aliphatic carbocycles. The summed E-state index contributed by atoms with van der Waals surface area (Å²) in [6.07, 6.45) is 9.07. The lowest BCUT2D eigenvalue weighted by molar-refractivity contribution is 0.222. The zero-order chi connectivity index (χ0) is 36.6. The molecule has 6 heterocycles. The van der Waals surface area contributed by atoms with Gasteiger partial charge in [0.25, 0.3) is 0 Å². The zero-order valence-corrected chi connectivity index (χ0v) is 31.5. The molecule has 8 heteroatoms. The quantitative estimate of drug-likeness (QED) is 0.192. The van der Waals surface area contributed by atoms with Gasteiger partial charge in [0, 0.05) is 59.2 Å². The summed E-state index contributed by atoms with van der Waals surface area (Å²) in [5, 5.41) is 17.1. The Morgan fingerprint density at radius 1 is 0.537 bits per heavy atom. The Kier molecular flexibility index (Phi) is 9.39. The first-order valence-electron chi connectivity index (χ1n) is 19.6. The van der Waals surface area contributed by atoms with E-state index in [1.165, 1.54) is 67.2 Å². The monoisotopic (exact) mass is 712 g/mol. The van der Waals surface area contributed by atoms with Gasteiger partial charge < -0.3 is 10.2 Å². The lowest BCUT2D eigenvalue weighted by atomic mass is 9.88. The van der Waals surface area contributed by atoms with Gasteiger partial charge >= 0.3 is 0 Å². The van der Waals surface area contributed by atoms with Crippen molar-refractivity contribution in [3.05, 3.63) is 121 Å². The third-order valence-corrected chi connectivity index (χ3v) is 11.6. The first kappa shape index (κ1) is 34.3. The average Bonchev–Trinajstić information content (AvgIpc) is 3.80. The molecular formula is C46H48N8. The van der Waals surface area contributed by atoms with E-state index < -0.39 is 0 Å². The Morgan fingerprint density at radius 2 is 1.02 bits per heavy atom. The maximum atomic E-state index is 4.94. The van der Waals surface area contributed by atoms with Crippen molar-refractivity contribution in [1.29, 1.82) is 0 Å². The smallest absolute Gasteiger partial charge is 0.0923 e. The van der Waals surface area contributed by atoms with Crippen molar-refractivity contribution in [2.75, 3.05) is 32.7 Å². The highest BCUT2D eigenvalue weighted by Crippen LogP contribution is 2.32. The summed E-state index contributed by atoms with van der Waals surface area (Å²) in [6.45, 7) is 8.10. The molecule has 2 saturated heterocycles. The Bertz CT molecular complexity index is 2590. The molecule has 10 rings (SSSR count). The van der Waals surface area contributed by atoms with Crippen LogP contribution in [0.5, 0.6) is 0 Å². The molecule has 8 aromatic rings. The largest absolute Gasteiger partial charge is 0.317 e. The molecule has 0 spiro atoms. The van der Waals surface area contributed by atoms with E-state index in [9.17, 15) is 0 Å². The molecule has 0 unspecified atom stereocenters. The number of benzene rings is 4. The summed E-state index contributed by atoms with van der Waals surface area (Å²) in [6, 6.07) is 35.0. The number of piperidine rings is 2. The van der Waals surface area contributed by atoms with Gasteiger partial charge in [-0.25, -0.2) is 9.97 Å². The number of aryl methyl sites for hydroxylation is 2. The van der Waals surface area contributed by atoms with Crippen LogP contribution in [0.1, 0.15) is 55.6 Å². The van der Waals surface area contributed by atoms with Gasteiger partial charge in [-0.15, -0.1) is 0 Å². The molecule has 0 amide bonds. The van der Waals surface area contributed by atoms with Gasteiger partial charge in [-0.05, 0) is 142 Å². The van der Waals surface area contributed by atoms with E-state index >= 15 is 0 Å². The third-order valence-electron chi connectivity index (χ3n) is 11.6. The van der Waals surface area contributed by atoms with E-state index in [1.54, 1.807) is 0 Å². The topological polar surface area (TPSA) is 76.7 Å². The minimum atomic E-state index is 0.674. The minimum Gasteiger partial charge on any atom is -0.317 e. The Balaban J connectivity index is 0.000000143. The van der Waals surface area contributed by atoms with Crippen LogP contribution in [0.4, 0.5) is 0 Å². The summed E-state index contributed by atoms with van der Waals surface area (Å²) < 4.78 is 3.71. The van der Waals surface area contributed by atoms with Gasteiger partial charge in [0.05, 0.1) is 33.5 Å². The van der Waals surface area contributed by atoms with Gasteiger partial charge in [0.1, 0.15) is 0 Å². The van der Waals surface area contributed by atoms with E-state index in [2.05, 4.69) is 131 Å². The van der Waals surface area contributed by atoms with Gasteiger partial charge in [-0.3, -0.25) is 9.36 Å². The van der Waals surface area contributed by atoms with E-state index in [0.717, 1.165) is 68.4 Å². The Morgan fingerprint density at radius 3 is 1.52 bits per heavy atom. The number of nitrogens with one attached hydrogen (secondary N) is 1. The number of aromatic nitrogens is 6. The molecular weight excluding hydrogens is 665 g/mol. The lowest BCUT2D eigenvalue weighted by Crippen LogP contribution is -2.32. The summed E-state index contributed by atoms with van der Waals surface area (Å²) in [5.41, 5.74) is 11.4. The summed E-state index contributed by atoms with van der Waals surface area (Å²) in [4.78, 5) is 12.4. The van der Waals surface area contributed by atoms with Crippen molar-refractivity contribution in [3.63, 3.8) is 0 Å². The molecule has 0 saturated carbocycles. The summed E-state index contributed by atoms with van der Waals surface area (Å²) >= 11 is 0. The molecule has 272 valence electrons. The fraction of sp³-hybridized carbons (Fsp3) is 0.304. The van der Waals surface area contributed by atoms with Crippen molar-refractivity contribution in [1.82, 2.24) is 39.7 Å². The number of likely N-dealkylation sites (tertiary alicyclic amines) is 1. The number of fused-ring (bicyclic) bond motifs is 4. The van der Waals surface area contributed by atoms with E-state index in [-0.39, 0.29) is 0 Å². The van der Waals surface area contributed by atoms with Crippen LogP contribution >= 0.6 is 0 Å². The molecule has 0 atom stereocenters. The summed E-state index contributed by atoms with van der Waals surface area (Å²) in [7, 11) is 3.91. The van der Waals surface area contributed by atoms with Gasteiger partial charge in [-0.2, -0.15) is 10.2 Å². The highest BCUT2D eigenvalue weighted by molar-refractivity contribution is 5.88. The number of hydrogen-bond donors (Lipinski definition) is 1. The fourth-order valence-electron chi connectivity index (χ4n) is 8.47. The van der Waals surface area contributed by atoms with Gasteiger partial charge in [-0.1, -0.05) is 43.3 Å². The molecule has 54 heavy (non-hydrogen) atoms. The SMILES string of the molecule is CCN1CCC(c2ccc3nc(-c4ccc5nn(C)cc5c4)ccc3c2)CC1.Cn1cc2cc(-c3ccc4cc(C5CCNCC5)ccc4n3)ccc2n1. The van der Waals surface area contributed by atoms with Crippen LogP contribution in [0.3, 0.4) is 0 Å². The minimum absolute atomic E-state index is 0.674. The van der Waals surface area contributed by atoms with Crippen LogP contribution in [0.25, 0.3) is 66.1 Å². The fourth-order valence-corrected chi connectivity index (χ4v) is 8.47.